The van der Waals surface area contributed by atoms with E-state index in [1.165, 1.54) is 0 Å². The van der Waals surface area contributed by atoms with Crippen molar-refractivity contribution in [3.63, 3.8) is 0 Å². The number of nitrogens with one attached hydrogen (secondary N) is 2. The van der Waals surface area contributed by atoms with Crippen LogP contribution in [-0.4, -0.2) is 18.3 Å². The molecule has 0 saturated carbocycles. The average molecular weight is 188 g/mol. The number of halogens is 1. The van der Waals surface area contributed by atoms with Crippen LogP contribution >= 0.6 is 11.6 Å². The summed E-state index contributed by atoms with van der Waals surface area (Å²) in [5.41, 5.74) is 7.90. The molecule has 0 bridgehead atoms. The molecule has 68 valence electrons. The van der Waals surface area contributed by atoms with Crippen molar-refractivity contribution in [2.45, 2.75) is 26.8 Å². The Hall–Kier alpha value is -0.540. The summed E-state index contributed by atoms with van der Waals surface area (Å²) in [5.74, 6) is 0. The number of hydrogen-bond acceptors (Lipinski definition) is 3. The molecule has 1 atom stereocenters. The third kappa shape index (κ3) is 2.22. The lowest BCUT2D eigenvalue weighted by Crippen LogP contribution is -2.37. The highest BCUT2D eigenvalue weighted by Gasteiger charge is 2.08. The van der Waals surface area contributed by atoms with Crippen LogP contribution in [0.15, 0.2) is 15.7 Å². The van der Waals surface area contributed by atoms with Crippen LogP contribution in [0.5, 0.6) is 0 Å². The molecule has 0 fully saturated rings. The van der Waals surface area contributed by atoms with E-state index in [1.54, 1.807) is 0 Å². The molecule has 0 aromatic rings. The first-order valence-corrected chi connectivity index (χ1v) is 4.39. The lowest BCUT2D eigenvalue weighted by atomic mass is 10.2. The summed E-state index contributed by atoms with van der Waals surface area (Å²) in [7, 11) is 0. The summed E-state index contributed by atoms with van der Waals surface area (Å²) in [5, 5.41) is 0.628. The molecule has 12 heavy (non-hydrogen) atoms. The van der Waals surface area contributed by atoms with Crippen molar-refractivity contribution in [3.05, 3.63) is 10.7 Å². The van der Waals surface area contributed by atoms with Crippen molar-refractivity contribution in [1.29, 1.82) is 0 Å². The van der Waals surface area contributed by atoms with E-state index in [9.17, 15) is 0 Å². The van der Waals surface area contributed by atoms with Crippen molar-refractivity contribution >= 4 is 17.3 Å². The van der Waals surface area contributed by atoms with E-state index in [0.717, 1.165) is 17.8 Å². The van der Waals surface area contributed by atoms with Gasteiger partial charge in [-0.25, -0.2) is 5.43 Å². The van der Waals surface area contributed by atoms with Crippen LogP contribution in [0.1, 0.15) is 20.8 Å². The quantitative estimate of drug-likeness (QED) is 0.563. The molecule has 4 heteroatoms. The van der Waals surface area contributed by atoms with E-state index in [-0.39, 0.29) is 6.04 Å². The Morgan fingerprint density at radius 1 is 1.50 bits per heavy atom. The Morgan fingerprint density at radius 3 is 2.83 bits per heavy atom. The Balaban J connectivity index is 2.90. The van der Waals surface area contributed by atoms with Gasteiger partial charge in [0.05, 0.1) is 6.04 Å². The van der Waals surface area contributed by atoms with Crippen molar-refractivity contribution in [1.82, 2.24) is 10.9 Å². The van der Waals surface area contributed by atoms with Crippen molar-refractivity contribution in [2.24, 2.45) is 4.99 Å². The lowest BCUT2D eigenvalue weighted by molar-refractivity contribution is 0.556. The summed E-state index contributed by atoms with van der Waals surface area (Å²) in [6, 6.07) is 0.289. The molecule has 0 aromatic carbocycles. The van der Waals surface area contributed by atoms with E-state index in [0.29, 0.717) is 5.16 Å². The summed E-state index contributed by atoms with van der Waals surface area (Å²) < 4.78 is 0. The maximum atomic E-state index is 5.91. The van der Waals surface area contributed by atoms with Crippen LogP contribution in [0.25, 0.3) is 0 Å². The van der Waals surface area contributed by atoms with Crippen molar-refractivity contribution in [2.75, 3.05) is 6.54 Å². The van der Waals surface area contributed by atoms with Crippen LogP contribution in [0.3, 0.4) is 0 Å². The second kappa shape index (κ2) is 3.92. The molecule has 0 aliphatic carbocycles. The minimum Gasteiger partial charge on any atom is -0.311 e. The third-order valence-electron chi connectivity index (χ3n) is 1.88. The van der Waals surface area contributed by atoms with Gasteiger partial charge in [-0.2, -0.15) is 0 Å². The average Bonchev–Trinajstić information content (AvgIpc) is 2.01. The SMILES string of the molecule is CC1=NC(C)CNNC(Cl)=C1C. The molecule has 2 N–H and O–H groups in total. The Labute approximate surface area is 77.9 Å². The highest BCUT2D eigenvalue weighted by Crippen LogP contribution is 2.09. The summed E-state index contributed by atoms with van der Waals surface area (Å²) in [6.45, 7) is 6.78. The van der Waals surface area contributed by atoms with Gasteiger partial charge in [-0.3, -0.25) is 4.99 Å². The first-order valence-electron chi connectivity index (χ1n) is 4.01. The molecular formula is C8H14ClN3. The van der Waals surface area contributed by atoms with Gasteiger partial charge in [-0.05, 0) is 20.8 Å². The fraction of sp³-hybridized carbons (Fsp3) is 0.625. The summed E-state index contributed by atoms with van der Waals surface area (Å²) in [4.78, 5) is 4.44. The Kier molecular flexibility index (Phi) is 3.12. The number of rotatable bonds is 0. The van der Waals surface area contributed by atoms with E-state index in [4.69, 9.17) is 11.6 Å². The van der Waals surface area contributed by atoms with Crippen LogP contribution in [0.2, 0.25) is 0 Å². The van der Waals surface area contributed by atoms with Gasteiger partial charge in [0.2, 0.25) is 0 Å². The normalized spacial score (nSPS) is 25.7. The van der Waals surface area contributed by atoms with E-state index in [1.807, 2.05) is 13.8 Å². The molecule has 0 spiro atoms. The maximum absolute atomic E-state index is 5.91. The molecule has 3 nitrogen and oxygen atoms in total. The number of allylic oxidation sites excluding steroid dienone is 1. The maximum Gasteiger partial charge on any atom is 0.121 e. The predicted molar refractivity (Wildman–Crippen MR) is 52.3 cm³/mol. The van der Waals surface area contributed by atoms with Crippen LogP contribution < -0.4 is 10.9 Å². The van der Waals surface area contributed by atoms with Crippen LogP contribution in [0.4, 0.5) is 0 Å². The summed E-state index contributed by atoms with van der Waals surface area (Å²) in [6.07, 6.45) is 0. The summed E-state index contributed by atoms with van der Waals surface area (Å²) >= 11 is 5.91. The highest BCUT2D eigenvalue weighted by atomic mass is 35.5. The van der Waals surface area contributed by atoms with E-state index in [2.05, 4.69) is 22.8 Å². The highest BCUT2D eigenvalue weighted by molar-refractivity contribution is 6.31. The molecular weight excluding hydrogens is 174 g/mol. The molecule has 0 amide bonds. The predicted octanol–water partition coefficient (Wildman–Crippen LogP) is 1.41. The zero-order valence-corrected chi connectivity index (χ0v) is 8.37. The number of hydrogen-bond donors (Lipinski definition) is 2. The van der Waals surface area contributed by atoms with Gasteiger partial charge in [0.15, 0.2) is 0 Å². The lowest BCUT2D eigenvalue weighted by Gasteiger charge is -2.17. The molecule has 1 aliphatic rings. The monoisotopic (exact) mass is 187 g/mol. The van der Waals surface area contributed by atoms with Crippen LogP contribution in [-0.2, 0) is 0 Å². The van der Waals surface area contributed by atoms with Crippen LogP contribution in [0, 0.1) is 0 Å². The van der Waals surface area contributed by atoms with Gasteiger partial charge < -0.3 is 5.43 Å². The third-order valence-corrected chi connectivity index (χ3v) is 2.26. The van der Waals surface area contributed by atoms with Gasteiger partial charge >= 0.3 is 0 Å². The van der Waals surface area contributed by atoms with E-state index >= 15 is 0 Å². The van der Waals surface area contributed by atoms with Gasteiger partial charge in [0.25, 0.3) is 0 Å². The molecule has 0 saturated heterocycles. The van der Waals surface area contributed by atoms with Gasteiger partial charge in [0, 0.05) is 17.8 Å². The van der Waals surface area contributed by atoms with Crippen molar-refractivity contribution < 1.29 is 0 Å². The number of hydrazine groups is 1. The Morgan fingerprint density at radius 2 is 2.17 bits per heavy atom. The molecule has 0 aromatic heterocycles. The van der Waals surface area contributed by atoms with Crippen molar-refractivity contribution in [3.8, 4) is 0 Å². The zero-order chi connectivity index (χ0) is 9.14. The molecule has 1 heterocycles. The van der Waals surface area contributed by atoms with Gasteiger partial charge in [-0.15, -0.1) is 0 Å². The second-order valence-corrected chi connectivity index (χ2v) is 3.39. The Bertz CT molecular complexity index is 232. The fourth-order valence-electron chi connectivity index (χ4n) is 1.00. The fourth-order valence-corrected chi connectivity index (χ4v) is 1.21. The minimum atomic E-state index is 0.289. The standard InChI is InChI=1S/C8H14ClN3/c1-5-4-10-12-8(9)6(2)7(3)11-5/h5,10,12H,4H2,1-3H3. The van der Waals surface area contributed by atoms with Gasteiger partial charge in [0.1, 0.15) is 5.16 Å². The largest absolute Gasteiger partial charge is 0.311 e. The first-order chi connectivity index (χ1) is 5.61. The zero-order valence-electron chi connectivity index (χ0n) is 7.61. The second-order valence-electron chi connectivity index (χ2n) is 3.01. The molecule has 1 unspecified atom stereocenters. The number of nitrogens with zero attached hydrogens (tertiary/aromatic N) is 1. The molecule has 1 aliphatic heterocycles. The van der Waals surface area contributed by atoms with Gasteiger partial charge in [-0.1, -0.05) is 11.6 Å². The topological polar surface area (TPSA) is 36.4 Å². The number of aliphatic imine (C=N–C) groups is 1. The smallest absolute Gasteiger partial charge is 0.121 e. The van der Waals surface area contributed by atoms with E-state index < -0.39 is 0 Å². The molecule has 1 rings (SSSR count). The molecule has 0 radical (unpaired) electrons. The first kappa shape index (κ1) is 9.55. The minimum absolute atomic E-state index is 0.289.